The minimum atomic E-state index is -3.63. The number of amides is 5. The van der Waals surface area contributed by atoms with E-state index in [0.717, 1.165) is 90.2 Å². The zero-order chi connectivity index (χ0) is 52.6. The Morgan fingerprint density at radius 2 is 1.71 bits per heavy atom. The van der Waals surface area contributed by atoms with Crippen LogP contribution in [0.5, 0.6) is 11.5 Å². The Morgan fingerprint density at radius 1 is 0.973 bits per heavy atom. The number of aromatic nitrogens is 1. The lowest BCUT2D eigenvalue weighted by atomic mass is 9.85. The van der Waals surface area contributed by atoms with E-state index in [0.29, 0.717) is 48.0 Å². The number of aliphatic hydroxyl groups is 1. The van der Waals surface area contributed by atoms with Gasteiger partial charge in [-0.1, -0.05) is 69.7 Å². The monoisotopic (exact) mass is 1040 g/mol. The molecule has 3 aliphatic rings. The van der Waals surface area contributed by atoms with E-state index in [1.165, 1.54) is 12.0 Å². The van der Waals surface area contributed by atoms with Crippen LogP contribution in [0.4, 0.5) is 0 Å². The maximum Gasteiger partial charge on any atom is 0.262 e. The third-order valence-electron chi connectivity index (χ3n) is 14.3. The number of β-amino-alcohol motifs (C(OH)–C–C–N with tert-alkyl or cyclic N) is 1. The number of hydrogen-bond donors (Lipinski definition) is 3. The van der Waals surface area contributed by atoms with Gasteiger partial charge in [-0.3, -0.25) is 28.9 Å². The first-order chi connectivity index (χ1) is 34.8. The summed E-state index contributed by atoms with van der Waals surface area (Å²) in [6.45, 7) is 12.8. The molecule has 73 heavy (non-hydrogen) atoms. The van der Waals surface area contributed by atoms with Gasteiger partial charge in [0.15, 0.2) is 11.5 Å². The molecule has 0 aliphatic carbocycles. The molecule has 394 valence electrons. The summed E-state index contributed by atoms with van der Waals surface area (Å²) in [5.41, 5.74) is 5.95. The number of unbranched alkanes of at least 4 members (excludes halogenated alkanes) is 2. The van der Waals surface area contributed by atoms with Crippen LogP contribution in [0.1, 0.15) is 128 Å². The molecular weight excluding hydrogens is 969 g/mol. The highest BCUT2D eigenvalue weighted by atomic mass is 32.2. The molecule has 18 heteroatoms. The number of imide groups is 1. The number of aliphatic hydroxyl groups excluding tert-OH is 1. The predicted molar refractivity (Wildman–Crippen MR) is 281 cm³/mol. The fourth-order valence-corrected chi connectivity index (χ4v) is 12.0. The Labute approximate surface area is 434 Å². The molecule has 2 unspecified atom stereocenters. The van der Waals surface area contributed by atoms with Crippen LogP contribution in [-0.2, 0) is 37.2 Å². The quantitative estimate of drug-likeness (QED) is 0.0542. The first-order valence-electron chi connectivity index (χ1n) is 25.5. The lowest BCUT2D eigenvalue weighted by Gasteiger charge is -2.35. The number of thiazole rings is 1. The third kappa shape index (κ3) is 13.7. The molecule has 3 aromatic carbocycles. The van der Waals surface area contributed by atoms with Gasteiger partial charge in [0.2, 0.25) is 17.7 Å². The molecule has 0 saturated carbocycles. The van der Waals surface area contributed by atoms with Gasteiger partial charge < -0.3 is 35.0 Å². The van der Waals surface area contributed by atoms with E-state index in [-0.39, 0.29) is 49.2 Å². The maximum absolute atomic E-state index is 14.2. The summed E-state index contributed by atoms with van der Waals surface area (Å²) in [6.07, 6.45) is 6.49. The van der Waals surface area contributed by atoms with Crippen LogP contribution in [-0.4, -0.2) is 133 Å². The van der Waals surface area contributed by atoms with Crippen LogP contribution < -0.4 is 20.1 Å². The highest BCUT2D eigenvalue weighted by Crippen LogP contribution is 2.39. The minimum Gasteiger partial charge on any atom is -0.493 e. The lowest BCUT2D eigenvalue weighted by molar-refractivity contribution is -0.144. The number of carbonyl (C=O) groups is 5. The smallest absolute Gasteiger partial charge is 0.262 e. The van der Waals surface area contributed by atoms with Crippen molar-refractivity contribution < 1.29 is 47.0 Å². The molecule has 2 fully saturated rings. The van der Waals surface area contributed by atoms with Gasteiger partial charge in [-0.2, -0.15) is 0 Å². The number of sulfone groups is 1. The van der Waals surface area contributed by atoms with Gasteiger partial charge in [-0.15, -0.1) is 11.3 Å². The van der Waals surface area contributed by atoms with Crippen molar-refractivity contribution in [1.82, 2.24) is 30.3 Å². The van der Waals surface area contributed by atoms with E-state index in [1.54, 1.807) is 41.7 Å². The number of nitrogens with one attached hydrogen (secondary N) is 2. The second-order valence-corrected chi connectivity index (χ2v) is 23.9. The average molecular weight is 1040 g/mol. The van der Waals surface area contributed by atoms with E-state index in [2.05, 4.69) is 20.5 Å². The van der Waals surface area contributed by atoms with Crippen LogP contribution in [0.2, 0.25) is 0 Å². The Balaban J connectivity index is 0.844. The van der Waals surface area contributed by atoms with Crippen molar-refractivity contribution in [3.8, 4) is 21.9 Å². The predicted octanol–water partition coefficient (Wildman–Crippen LogP) is 6.92. The van der Waals surface area contributed by atoms with Gasteiger partial charge in [0.1, 0.15) is 21.9 Å². The van der Waals surface area contributed by atoms with Crippen LogP contribution in [0.3, 0.4) is 0 Å². The topological polar surface area (TPSA) is 205 Å². The number of hydrogen-bond acceptors (Lipinski definition) is 13. The Morgan fingerprint density at radius 3 is 2.37 bits per heavy atom. The van der Waals surface area contributed by atoms with Crippen molar-refractivity contribution >= 4 is 50.7 Å². The highest BCUT2D eigenvalue weighted by molar-refractivity contribution is 7.90. The van der Waals surface area contributed by atoms with Gasteiger partial charge in [-0.05, 0) is 124 Å². The number of piperidine rings is 1. The molecule has 5 amide bonds. The van der Waals surface area contributed by atoms with Gasteiger partial charge in [0.25, 0.3) is 11.8 Å². The third-order valence-corrected chi connectivity index (χ3v) is 16.2. The summed E-state index contributed by atoms with van der Waals surface area (Å²) in [4.78, 5) is 79.5. The van der Waals surface area contributed by atoms with E-state index >= 15 is 0 Å². The average Bonchev–Trinajstić information content (AvgIpc) is 4.04. The highest BCUT2D eigenvalue weighted by Gasteiger charge is 2.45. The Kier molecular flexibility index (Phi) is 18.2. The number of aryl methyl sites for hydroxylation is 2. The number of likely N-dealkylation sites (tertiary alicyclic amines) is 2. The largest absolute Gasteiger partial charge is 0.493 e. The second-order valence-electron chi connectivity index (χ2n) is 20.8. The zero-order valence-electron chi connectivity index (χ0n) is 43.3. The number of benzene rings is 3. The molecule has 0 radical (unpaired) electrons. The Bertz CT molecular complexity index is 2730. The summed E-state index contributed by atoms with van der Waals surface area (Å²) in [7, 11) is -2.13. The number of nitrogens with zero attached hydrogens (tertiary/aromatic N) is 4. The van der Waals surface area contributed by atoms with Crippen molar-refractivity contribution in [3.63, 3.8) is 0 Å². The van der Waals surface area contributed by atoms with E-state index in [1.807, 2.05) is 70.5 Å². The minimum absolute atomic E-state index is 0.0107. The Hall–Kier alpha value is -5.69. The van der Waals surface area contributed by atoms with Crippen molar-refractivity contribution in [2.45, 2.75) is 123 Å². The summed E-state index contributed by atoms with van der Waals surface area (Å²) in [5.74, 6) is -1.13. The molecule has 2 saturated heterocycles. The number of rotatable bonds is 22. The van der Waals surface area contributed by atoms with Crippen LogP contribution in [0.15, 0.2) is 66.2 Å². The molecule has 7 rings (SSSR count). The molecule has 4 heterocycles. The number of ether oxygens (including phenoxy) is 2. The lowest BCUT2D eigenvalue weighted by Crippen LogP contribution is -2.57. The van der Waals surface area contributed by atoms with Gasteiger partial charge >= 0.3 is 0 Å². The standard InChI is InChI=1S/C55H72N6O10S2/c1-8-71-46-29-40(22-23-45(46)70-6)44(33-73(7,68)69)61-52(65)42-14-12-13-38(48(42)53(61)66)19-16-36-24-27-59(28-25-36)26-11-9-10-15-47(63)58-50(55(3,4)5)54(67)60-32-41(62)30-43(60)51(64)56-31-37-17-20-39(21-18-37)49-35(2)57-34-72-49/h12-14,17-18,20-23,29,34,36,41,43-44,50,62H,8-11,15-16,19,24-28,30-33H2,1-7H3,(H,56,64)(H,58,63)/t41-,43+,44?,50?/m1/s1. The van der Waals surface area contributed by atoms with Gasteiger partial charge in [0, 0.05) is 32.2 Å². The van der Waals surface area contributed by atoms with Crippen LogP contribution in [0, 0.1) is 18.3 Å². The summed E-state index contributed by atoms with van der Waals surface area (Å²) in [6, 6.07) is 15.4. The summed E-state index contributed by atoms with van der Waals surface area (Å²) < 4.78 is 36.6. The molecule has 4 atom stereocenters. The SMILES string of the molecule is CCOc1cc(C(CS(C)(=O)=O)N2C(=O)c3cccc(CCC4CCN(CCCCCC(=O)NC(C(=O)N5C[C@H](O)C[C@H]5C(=O)NCc5ccc(-c6scnc6C)cc5)C(C)(C)C)CC4)c3C2=O)ccc1OC. The number of fused-ring (bicyclic) bond motifs is 1. The van der Waals surface area contributed by atoms with E-state index in [9.17, 15) is 37.5 Å². The fourth-order valence-electron chi connectivity index (χ4n) is 10.3. The molecule has 16 nitrogen and oxygen atoms in total. The van der Waals surface area contributed by atoms with Gasteiger partial charge in [0.05, 0.1) is 58.8 Å². The van der Waals surface area contributed by atoms with Crippen LogP contribution in [0.25, 0.3) is 10.4 Å². The number of carbonyl (C=O) groups excluding carboxylic acids is 5. The normalized spacial score (nSPS) is 18.4. The second kappa shape index (κ2) is 24.1. The first kappa shape index (κ1) is 55.1. The molecule has 1 aromatic heterocycles. The molecule has 0 spiro atoms. The number of methoxy groups -OCH3 is 1. The first-order valence-corrected chi connectivity index (χ1v) is 28.5. The van der Waals surface area contributed by atoms with E-state index < -0.39 is 57.0 Å². The van der Waals surface area contributed by atoms with Crippen molar-refractivity contribution in [2.75, 3.05) is 51.9 Å². The summed E-state index contributed by atoms with van der Waals surface area (Å²) >= 11 is 1.58. The molecule has 3 N–H and O–H groups in total. The fraction of sp³-hybridized carbons (Fsp3) is 0.527. The maximum atomic E-state index is 14.2. The molecular formula is C55H72N6O10S2. The van der Waals surface area contributed by atoms with E-state index in [4.69, 9.17) is 9.47 Å². The zero-order valence-corrected chi connectivity index (χ0v) is 44.9. The van der Waals surface area contributed by atoms with Crippen molar-refractivity contribution in [1.29, 1.82) is 0 Å². The van der Waals surface area contributed by atoms with Crippen molar-refractivity contribution in [3.05, 3.63) is 99.7 Å². The van der Waals surface area contributed by atoms with Crippen molar-refractivity contribution in [2.24, 2.45) is 11.3 Å². The molecule has 3 aliphatic heterocycles. The van der Waals surface area contributed by atoms with Crippen LogP contribution >= 0.6 is 11.3 Å². The molecule has 0 bridgehead atoms. The van der Waals surface area contributed by atoms with Gasteiger partial charge in [-0.25, -0.2) is 13.4 Å². The summed E-state index contributed by atoms with van der Waals surface area (Å²) in [5, 5.41) is 16.6. The molecule has 4 aromatic rings.